The molecular formula is C23H22N4O2. The zero-order valence-corrected chi connectivity index (χ0v) is 16.3. The second-order valence-electron chi connectivity index (χ2n) is 7.04. The van der Waals surface area contributed by atoms with Gasteiger partial charge in [-0.2, -0.15) is 0 Å². The first-order valence-corrected chi connectivity index (χ1v) is 9.64. The molecule has 6 heteroatoms. The van der Waals surface area contributed by atoms with Gasteiger partial charge in [0.1, 0.15) is 17.9 Å². The molecule has 1 aliphatic rings. The van der Waals surface area contributed by atoms with Gasteiger partial charge in [0.25, 0.3) is 0 Å². The van der Waals surface area contributed by atoms with E-state index in [-0.39, 0.29) is 12.2 Å². The van der Waals surface area contributed by atoms with Gasteiger partial charge in [-0.15, -0.1) is 0 Å². The Kier molecular flexibility index (Phi) is 5.30. The van der Waals surface area contributed by atoms with Gasteiger partial charge in [0.15, 0.2) is 5.82 Å². The molecule has 0 atom stereocenters. The quantitative estimate of drug-likeness (QED) is 0.551. The van der Waals surface area contributed by atoms with Crippen molar-refractivity contribution >= 4 is 23.0 Å². The van der Waals surface area contributed by atoms with Gasteiger partial charge in [0.2, 0.25) is 0 Å². The predicted octanol–water partition coefficient (Wildman–Crippen LogP) is 2.98. The fourth-order valence-electron chi connectivity index (χ4n) is 3.48. The second-order valence-corrected chi connectivity index (χ2v) is 7.04. The molecule has 0 bridgehead atoms. The van der Waals surface area contributed by atoms with Crippen LogP contribution in [0.2, 0.25) is 0 Å². The van der Waals surface area contributed by atoms with Gasteiger partial charge < -0.3 is 19.7 Å². The molecule has 29 heavy (non-hydrogen) atoms. The Balaban J connectivity index is 1.71. The van der Waals surface area contributed by atoms with Crippen LogP contribution in [-0.2, 0) is 4.79 Å². The molecule has 1 aliphatic heterocycles. The number of anilines is 1. The highest BCUT2D eigenvalue weighted by atomic mass is 16.3. The number of para-hydroxylation sites is 1. The number of benzene rings is 2. The number of hydrogen-bond acceptors (Lipinski definition) is 6. The average molecular weight is 386 g/mol. The van der Waals surface area contributed by atoms with Gasteiger partial charge in [-0.25, -0.2) is 9.97 Å². The molecule has 0 spiro atoms. The molecular weight excluding hydrogens is 364 g/mol. The monoisotopic (exact) mass is 386 g/mol. The summed E-state index contributed by atoms with van der Waals surface area (Å²) in [6.07, 6.45) is 1.08. The Labute approximate surface area is 169 Å². The number of piperazine rings is 1. The van der Waals surface area contributed by atoms with Crippen LogP contribution in [0.25, 0.3) is 22.3 Å². The number of carbonyl (C=O) groups is 1. The van der Waals surface area contributed by atoms with Crippen LogP contribution in [-0.4, -0.2) is 52.4 Å². The normalized spacial score (nSPS) is 13.8. The van der Waals surface area contributed by atoms with Gasteiger partial charge in [-0.1, -0.05) is 24.1 Å². The van der Waals surface area contributed by atoms with Crippen molar-refractivity contribution in [2.45, 2.75) is 13.3 Å². The number of rotatable bonds is 3. The van der Waals surface area contributed by atoms with Gasteiger partial charge in [-0.3, -0.25) is 0 Å². The third-order valence-electron chi connectivity index (χ3n) is 4.98. The lowest BCUT2D eigenvalue weighted by molar-refractivity contribution is -0.107. The highest BCUT2D eigenvalue weighted by molar-refractivity contribution is 5.92. The maximum absolute atomic E-state index is 10.4. The smallest absolute Gasteiger partial charge is 0.165 e. The fraction of sp³-hybridized carbons (Fsp3) is 0.261. The standard InChI is InChI=1S/C23H22N4O2/c1-17-8-9-18-20(16-17)24-22(19-6-2-3-7-21(19)29)25-23(18)27-13-11-26(12-14-27)10-4-5-15-28/h2-3,6-9,15-16,29H,5,11-14H2,1H3. The van der Waals surface area contributed by atoms with Crippen LogP contribution in [0.15, 0.2) is 42.5 Å². The van der Waals surface area contributed by atoms with E-state index < -0.39 is 0 Å². The summed E-state index contributed by atoms with van der Waals surface area (Å²) in [4.78, 5) is 24.3. The zero-order valence-electron chi connectivity index (χ0n) is 16.3. The van der Waals surface area contributed by atoms with E-state index in [4.69, 9.17) is 9.97 Å². The van der Waals surface area contributed by atoms with Crippen molar-refractivity contribution in [1.82, 2.24) is 14.9 Å². The second kappa shape index (κ2) is 8.19. The van der Waals surface area contributed by atoms with Crippen LogP contribution in [0.5, 0.6) is 5.75 Å². The van der Waals surface area contributed by atoms with E-state index in [1.54, 1.807) is 12.1 Å². The van der Waals surface area contributed by atoms with E-state index in [9.17, 15) is 9.90 Å². The van der Waals surface area contributed by atoms with Crippen molar-refractivity contribution in [3.05, 3.63) is 48.0 Å². The summed E-state index contributed by atoms with van der Waals surface area (Å²) < 4.78 is 0. The van der Waals surface area contributed by atoms with Gasteiger partial charge >= 0.3 is 0 Å². The molecule has 1 fully saturated rings. The Hall–Kier alpha value is -3.59. The number of phenolic OH excluding ortho intramolecular Hbond substituents is 1. The molecule has 4 rings (SSSR count). The number of nitrogens with zero attached hydrogens (tertiary/aromatic N) is 4. The number of aryl methyl sites for hydroxylation is 1. The van der Waals surface area contributed by atoms with Gasteiger partial charge in [0, 0.05) is 37.6 Å². The lowest BCUT2D eigenvalue weighted by Gasteiger charge is -2.34. The molecule has 2 heterocycles. The molecule has 1 aromatic heterocycles. The van der Waals surface area contributed by atoms with E-state index in [1.165, 1.54) is 0 Å². The summed E-state index contributed by atoms with van der Waals surface area (Å²) in [5, 5.41) is 11.3. The minimum absolute atomic E-state index is 0.167. The van der Waals surface area contributed by atoms with Crippen molar-refractivity contribution in [3.63, 3.8) is 0 Å². The molecule has 0 aliphatic carbocycles. The predicted molar refractivity (Wildman–Crippen MR) is 114 cm³/mol. The molecule has 1 saturated heterocycles. The first kappa shape index (κ1) is 18.8. The Bertz CT molecular complexity index is 1110. The number of aromatic hydroxyl groups is 1. The summed E-state index contributed by atoms with van der Waals surface area (Å²) in [6.45, 7) is 5.13. The zero-order chi connectivity index (χ0) is 20.2. The van der Waals surface area contributed by atoms with E-state index in [1.807, 2.05) is 30.0 Å². The van der Waals surface area contributed by atoms with E-state index >= 15 is 0 Å². The maximum Gasteiger partial charge on any atom is 0.165 e. The third kappa shape index (κ3) is 3.99. The van der Waals surface area contributed by atoms with Crippen LogP contribution < -0.4 is 4.90 Å². The Morgan fingerprint density at radius 3 is 2.66 bits per heavy atom. The molecule has 146 valence electrons. The van der Waals surface area contributed by atoms with Crippen LogP contribution in [0.3, 0.4) is 0 Å². The molecule has 6 nitrogen and oxygen atoms in total. The molecule has 0 amide bonds. The highest BCUT2D eigenvalue weighted by Crippen LogP contribution is 2.32. The molecule has 2 aromatic carbocycles. The van der Waals surface area contributed by atoms with Crippen molar-refractivity contribution in [2.24, 2.45) is 0 Å². The van der Waals surface area contributed by atoms with Gasteiger partial charge in [-0.05, 0) is 36.8 Å². The maximum atomic E-state index is 10.4. The number of hydrogen-bond donors (Lipinski definition) is 1. The Morgan fingerprint density at radius 2 is 1.90 bits per heavy atom. The van der Waals surface area contributed by atoms with Crippen LogP contribution in [0.1, 0.15) is 12.0 Å². The fourth-order valence-corrected chi connectivity index (χ4v) is 3.48. The number of aromatic nitrogens is 2. The molecule has 0 radical (unpaired) electrons. The van der Waals surface area contributed by atoms with Gasteiger partial charge in [0.05, 0.1) is 17.5 Å². The summed E-state index contributed by atoms with van der Waals surface area (Å²) in [5.41, 5.74) is 2.61. The molecule has 3 aromatic rings. The van der Waals surface area contributed by atoms with E-state index in [0.29, 0.717) is 11.4 Å². The SMILES string of the molecule is Cc1ccc2c(N3CCN(C#CCC=O)CC3)nc(-c3ccccc3O)nc2c1. The van der Waals surface area contributed by atoms with Crippen molar-refractivity contribution < 1.29 is 9.90 Å². The number of fused-ring (bicyclic) bond motifs is 1. The summed E-state index contributed by atoms with van der Waals surface area (Å²) in [7, 11) is 0. The molecule has 1 N–H and O–H groups in total. The minimum Gasteiger partial charge on any atom is -0.507 e. The Morgan fingerprint density at radius 1 is 1.10 bits per heavy atom. The molecule has 0 unspecified atom stereocenters. The van der Waals surface area contributed by atoms with Crippen molar-refractivity contribution in [2.75, 3.05) is 31.1 Å². The largest absolute Gasteiger partial charge is 0.507 e. The highest BCUT2D eigenvalue weighted by Gasteiger charge is 2.21. The summed E-state index contributed by atoms with van der Waals surface area (Å²) >= 11 is 0. The van der Waals surface area contributed by atoms with Crippen LogP contribution in [0.4, 0.5) is 5.82 Å². The topological polar surface area (TPSA) is 69.6 Å². The van der Waals surface area contributed by atoms with Crippen LogP contribution >= 0.6 is 0 Å². The summed E-state index contributed by atoms with van der Waals surface area (Å²) in [6, 6.07) is 16.4. The first-order valence-electron chi connectivity index (χ1n) is 9.64. The first-order chi connectivity index (χ1) is 14.2. The minimum atomic E-state index is 0.167. The van der Waals surface area contributed by atoms with E-state index in [2.05, 4.69) is 29.0 Å². The average Bonchev–Trinajstić information content (AvgIpc) is 2.74. The number of phenols is 1. The van der Waals surface area contributed by atoms with Crippen molar-refractivity contribution in [3.8, 4) is 29.1 Å². The van der Waals surface area contributed by atoms with E-state index in [0.717, 1.165) is 54.7 Å². The number of aldehydes is 1. The van der Waals surface area contributed by atoms with Crippen molar-refractivity contribution in [1.29, 1.82) is 0 Å². The van der Waals surface area contributed by atoms with Crippen LogP contribution in [0, 0.1) is 18.9 Å². The lowest BCUT2D eigenvalue weighted by Crippen LogP contribution is -2.44. The number of carbonyl (C=O) groups excluding carboxylic acids is 1. The third-order valence-corrected chi connectivity index (χ3v) is 4.98. The lowest BCUT2D eigenvalue weighted by atomic mass is 10.1. The molecule has 0 saturated carbocycles. The summed E-state index contributed by atoms with van der Waals surface area (Å²) in [5.74, 6) is 4.42.